The highest BCUT2D eigenvalue weighted by Gasteiger charge is 2.32. The Labute approximate surface area is 114 Å². The van der Waals surface area contributed by atoms with Gasteiger partial charge < -0.3 is 0 Å². The van der Waals surface area contributed by atoms with E-state index in [-0.39, 0.29) is 0 Å². The van der Waals surface area contributed by atoms with E-state index in [2.05, 4.69) is 58.3 Å². The number of rotatable bonds is 1. The molecule has 2 heterocycles. The van der Waals surface area contributed by atoms with Gasteiger partial charge in [0, 0.05) is 11.3 Å². The number of aromatic nitrogens is 1. The summed E-state index contributed by atoms with van der Waals surface area (Å²) in [5.41, 5.74) is 5.31. The molecule has 2 aromatic rings. The van der Waals surface area contributed by atoms with Crippen LogP contribution in [0.25, 0.3) is 10.2 Å². The molecule has 18 heavy (non-hydrogen) atoms. The fourth-order valence-corrected chi connectivity index (χ4v) is 4.37. The smallest absolute Gasteiger partial charge is 0.153 e. The molecule has 3 atom stereocenters. The average Bonchev–Trinajstić information content (AvgIpc) is 3.04. The highest BCUT2D eigenvalue weighted by Crippen LogP contribution is 2.40. The van der Waals surface area contributed by atoms with Crippen molar-refractivity contribution >= 4 is 33.3 Å². The number of nitrogens with zero attached hydrogens (tertiary/aromatic N) is 1. The molecule has 1 N–H and O–H groups in total. The molecule has 0 amide bonds. The van der Waals surface area contributed by atoms with Gasteiger partial charge in [-0.3, -0.25) is 5.32 Å². The molecule has 4 rings (SSSR count). The number of allylic oxidation sites excluding steroid dienone is 2. The van der Waals surface area contributed by atoms with E-state index >= 15 is 0 Å². The van der Waals surface area contributed by atoms with Crippen molar-refractivity contribution in [2.75, 3.05) is 0 Å². The van der Waals surface area contributed by atoms with Gasteiger partial charge in [-0.15, -0.1) is 23.1 Å². The summed E-state index contributed by atoms with van der Waals surface area (Å²) in [6.07, 6.45) is 8.77. The zero-order valence-electron chi connectivity index (χ0n) is 9.54. The Hall–Kier alpha value is -1.10. The third-order valence-corrected chi connectivity index (χ3v) is 5.52. The molecular formula is C14H11N2S2. The summed E-state index contributed by atoms with van der Waals surface area (Å²) in [4.78, 5) is 4.27. The van der Waals surface area contributed by atoms with E-state index < -0.39 is 0 Å². The quantitative estimate of drug-likeness (QED) is 0.861. The maximum absolute atomic E-state index is 4.27. The van der Waals surface area contributed by atoms with E-state index in [0.717, 1.165) is 5.52 Å². The molecular weight excluding hydrogens is 260 g/mol. The number of hydrogen-bond donors (Lipinski definition) is 1. The van der Waals surface area contributed by atoms with E-state index in [1.54, 1.807) is 11.3 Å². The van der Waals surface area contributed by atoms with E-state index in [1.807, 2.05) is 11.8 Å². The minimum atomic E-state index is 0.360. The Morgan fingerprint density at radius 1 is 1.22 bits per heavy atom. The zero-order chi connectivity index (χ0) is 11.9. The van der Waals surface area contributed by atoms with Crippen molar-refractivity contribution in [1.82, 2.24) is 10.3 Å². The number of fused-ring (bicyclic) bond motifs is 2. The van der Waals surface area contributed by atoms with Crippen LogP contribution in [0.2, 0.25) is 0 Å². The Morgan fingerprint density at radius 2 is 2.17 bits per heavy atom. The standard InChI is InChI=1S/C14H11N2S2/c1-2-4-13-10(3-1)16-14(18-13)9-5-6-12-11(7-9)15-8-17-12/h1-7,10,13-14,16H. The number of nitrogens with one attached hydrogen (secondary N) is 1. The van der Waals surface area contributed by atoms with Crippen molar-refractivity contribution < 1.29 is 0 Å². The lowest BCUT2D eigenvalue weighted by molar-refractivity contribution is 0.633. The lowest BCUT2D eigenvalue weighted by atomic mass is 10.1. The fraction of sp³-hybridized carbons (Fsp3) is 0.214. The van der Waals surface area contributed by atoms with Crippen LogP contribution in [0.15, 0.2) is 42.5 Å². The predicted molar refractivity (Wildman–Crippen MR) is 77.8 cm³/mol. The molecule has 3 unspecified atom stereocenters. The molecule has 0 bridgehead atoms. The largest absolute Gasteiger partial charge is 0.294 e. The summed E-state index contributed by atoms with van der Waals surface area (Å²) >= 11 is 3.55. The molecule has 1 fully saturated rings. The highest BCUT2D eigenvalue weighted by atomic mass is 32.2. The molecule has 2 nitrogen and oxygen atoms in total. The first-order chi connectivity index (χ1) is 8.90. The maximum Gasteiger partial charge on any atom is 0.153 e. The minimum Gasteiger partial charge on any atom is -0.294 e. The van der Waals surface area contributed by atoms with Gasteiger partial charge in [-0.2, -0.15) is 0 Å². The van der Waals surface area contributed by atoms with Crippen molar-refractivity contribution in [2.45, 2.75) is 16.7 Å². The van der Waals surface area contributed by atoms with Gasteiger partial charge in [0.1, 0.15) is 0 Å². The van der Waals surface area contributed by atoms with Crippen LogP contribution in [-0.2, 0) is 0 Å². The minimum absolute atomic E-state index is 0.360. The van der Waals surface area contributed by atoms with Crippen LogP contribution in [0.4, 0.5) is 0 Å². The normalized spacial score (nSPS) is 29.9. The lowest BCUT2D eigenvalue weighted by Crippen LogP contribution is -2.28. The number of thioether (sulfide) groups is 1. The first-order valence-electron chi connectivity index (χ1n) is 5.93. The molecule has 1 aliphatic heterocycles. The van der Waals surface area contributed by atoms with Crippen LogP contribution in [0.1, 0.15) is 10.9 Å². The molecule has 4 heteroatoms. The van der Waals surface area contributed by atoms with Gasteiger partial charge in [0.25, 0.3) is 0 Å². The zero-order valence-corrected chi connectivity index (χ0v) is 11.2. The van der Waals surface area contributed by atoms with Crippen molar-refractivity contribution in [3.05, 3.63) is 53.6 Å². The van der Waals surface area contributed by atoms with Crippen LogP contribution in [0.3, 0.4) is 0 Å². The van der Waals surface area contributed by atoms with Gasteiger partial charge >= 0.3 is 0 Å². The van der Waals surface area contributed by atoms with E-state index in [4.69, 9.17) is 0 Å². The summed E-state index contributed by atoms with van der Waals surface area (Å²) in [7, 11) is 0. The van der Waals surface area contributed by atoms with Crippen LogP contribution in [0.5, 0.6) is 0 Å². The lowest BCUT2D eigenvalue weighted by Gasteiger charge is -2.13. The van der Waals surface area contributed by atoms with E-state index in [1.165, 1.54) is 10.3 Å². The Morgan fingerprint density at radius 3 is 3.11 bits per heavy atom. The molecule has 1 aromatic carbocycles. The van der Waals surface area contributed by atoms with Crippen LogP contribution < -0.4 is 5.32 Å². The van der Waals surface area contributed by atoms with E-state index in [0.29, 0.717) is 16.7 Å². The second-order valence-electron chi connectivity index (χ2n) is 4.48. The summed E-state index contributed by atoms with van der Waals surface area (Å²) in [6, 6.07) is 6.98. The number of benzene rings is 1. The fourth-order valence-electron chi connectivity index (χ4n) is 2.41. The molecule has 0 saturated carbocycles. The topological polar surface area (TPSA) is 24.9 Å². The third-order valence-electron chi connectivity index (χ3n) is 3.33. The van der Waals surface area contributed by atoms with Gasteiger partial charge in [-0.25, -0.2) is 4.98 Å². The van der Waals surface area contributed by atoms with Gasteiger partial charge in [0.05, 0.1) is 15.6 Å². The molecule has 1 radical (unpaired) electrons. The van der Waals surface area contributed by atoms with Crippen molar-refractivity contribution in [3.63, 3.8) is 0 Å². The summed E-state index contributed by atoms with van der Waals surface area (Å²) in [5, 5.41) is 4.57. The van der Waals surface area contributed by atoms with Gasteiger partial charge in [0.2, 0.25) is 0 Å². The summed E-state index contributed by atoms with van der Waals surface area (Å²) in [6.45, 7) is 0. The molecule has 89 valence electrons. The van der Waals surface area contributed by atoms with Gasteiger partial charge in [0.15, 0.2) is 5.51 Å². The molecule has 1 saturated heterocycles. The first kappa shape index (κ1) is 10.8. The highest BCUT2D eigenvalue weighted by molar-refractivity contribution is 8.00. The van der Waals surface area contributed by atoms with Crippen molar-refractivity contribution in [2.24, 2.45) is 0 Å². The Kier molecular flexibility index (Phi) is 2.53. The predicted octanol–water partition coefficient (Wildman–Crippen LogP) is 3.29. The van der Waals surface area contributed by atoms with E-state index in [9.17, 15) is 0 Å². The van der Waals surface area contributed by atoms with Crippen LogP contribution in [-0.4, -0.2) is 16.3 Å². The maximum atomic E-state index is 4.27. The monoisotopic (exact) mass is 271 g/mol. The van der Waals surface area contributed by atoms with Crippen LogP contribution >= 0.6 is 23.1 Å². The van der Waals surface area contributed by atoms with Crippen molar-refractivity contribution in [1.29, 1.82) is 0 Å². The van der Waals surface area contributed by atoms with Crippen molar-refractivity contribution in [3.8, 4) is 0 Å². The number of hydrogen-bond acceptors (Lipinski definition) is 4. The molecule has 1 aliphatic carbocycles. The summed E-state index contributed by atoms with van der Waals surface area (Å²) < 4.78 is 1.21. The third kappa shape index (κ3) is 1.72. The second kappa shape index (κ2) is 4.23. The molecule has 1 aromatic heterocycles. The first-order valence-corrected chi connectivity index (χ1v) is 7.69. The van der Waals surface area contributed by atoms with Gasteiger partial charge in [-0.05, 0) is 17.7 Å². The average molecular weight is 271 g/mol. The van der Waals surface area contributed by atoms with Crippen LogP contribution in [0, 0.1) is 5.51 Å². The molecule has 2 aliphatic rings. The molecule has 0 spiro atoms. The summed E-state index contributed by atoms with van der Waals surface area (Å²) in [5.74, 6) is 0. The SMILES string of the molecule is [c]1nc2cc(C3NC4C=CC=CC4S3)ccc2s1. The second-order valence-corrected chi connectivity index (χ2v) is 6.59. The Bertz CT molecular complexity index is 624. The number of thiazole rings is 1. The Balaban J connectivity index is 1.67. The van der Waals surface area contributed by atoms with Gasteiger partial charge in [-0.1, -0.05) is 30.4 Å².